The van der Waals surface area contributed by atoms with Gasteiger partial charge in [-0.15, -0.1) is 6.42 Å². The number of rotatable bonds is 8. The summed E-state index contributed by atoms with van der Waals surface area (Å²) in [5.74, 6) is 2.55. The third kappa shape index (κ3) is 5.99. The van der Waals surface area contributed by atoms with Crippen LogP contribution in [0.3, 0.4) is 0 Å². The van der Waals surface area contributed by atoms with Crippen LogP contribution in [-0.2, 0) is 11.2 Å². The monoisotopic (exact) mass is 454 g/mol. The van der Waals surface area contributed by atoms with E-state index in [9.17, 15) is 4.39 Å². The minimum Gasteiger partial charge on any atom is -0.473 e. The molecular weight excluding hydrogens is 423 g/mol. The van der Waals surface area contributed by atoms with Crippen molar-refractivity contribution in [2.75, 3.05) is 33.3 Å². The molecule has 3 heterocycles. The molecule has 0 saturated carbocycles. The van der Waals surface area contributed by atoms with Crippen LogP contribution in [0.25, 0.3) is 0 Å². The molecule has 176 valence electrons. The lowest BCUT2D eigenvalue weighted by atomic mass is 10.1. The Morgan fingerprint density at radius 1 is 1.18 bits per heavy atom. The fraction of sp³-hybridized carbons (Fsp3) is 0.520. The molecule has 8 heteroatoms. The summed E-state index contributed by atoms with van der Waals surface area (Å²) in [6.07, 6.45) is 13.0. The molecule has 33 heavy (non-hydrogen) atoms. The van der Waals surface area contributed by atoms with Crippen molar-refractivity contribution in [2.45, 2.75) is 50.9 Å². The molecule has 1 N–H and O–H groups in total. The van der Waals surface area contributed by atoms with E-state index in [2.05, 4.69) is 26.1 Å². The molecule has 2 aliphatic rings. The lowest BCUT2D eigenvalue weighted by Crippen LogP contribution is -2.41. The second-order valence-corrected chi connectivity index (χ2v) is 8.41. The molecule has 0 spiro atoms. The van der Waals surface area contributed by atoms with Crippen LogP contribution in [0.2, 0.25) is 0 Å². The Labute approximate surface area is 194 Å². The second-order valence-electron chi connectivity index (χ2n) is 8.41. The molecule has 7 nitrogen and oxygen atoms in total. The minimum atomic E-state index is -0.461. The summed E-state index contributed by atoms with van der Waals surface area (Å²) in [6, 6.07) is 4.99. The number of ether oxygens (including phenoxy) is 3. The molecule has 2 saturated heterocycles. The average Bonchev–Trinajstić information content (AvgIpc) is 2.85. The summed E-state index contributed by atoms with van der Waals surface area (Å²) >= 11 is 0. The third-order valence-corrected chi connectivity index (χ3v) is 6.20. The van der Waals surface area contributed by atoms with Gasteiger partial charge in [0.15, 0.2) is 11.6 Å². The van der Waals surface area contributed by atoms with E-state index in [1.165, 1.54) is 25.2 Å². The number of halogens is 1. The molecule has 1 atom stereocenters. The summed E-state index contributed by atoms with van der Waals surface area (Å²) in [6.45, 7) is 3.59. The van der Waals surface area contributed by atoms with E-state index < -0.39 is 5.82 Å². The Morgan fingerprint density at radius 2 is 2.00 bits per heavy atom. The topological polar surface area (TPSA) is 68.7 Å². The molecule has 2 aromatic rings. The van der Waals surface area contributed by atoms with Crippen LogP contribution < -0.4 is 14.8 Å². The van der Waals surface area contributed by atoms with Crippen molar-refractivity contribution in [1.29, 1.82) is 0 Å². The first kappa shape index (κ1) is 23.4. The molecule has 2 fully saturated rings. The van der Waals surface area contributed by atoms with Gasteiger partial charge in [-0.2, -0.15) is 0 Å². The number of hydrogen-bond acceptors (Lipinski definition) is 7. The highest BCUT2D eigenvalue weighted by molar-refractivity contribution is 5.49. The number of methoxy groups -OCH3 is 1. The standard InChI is InChI=1S/C25H31FN4O3/c1-3-20-24(32-19-9-12-27-13-10-19)28-17-29-25(20)33-22-8-7-18(16-21(22)26)11-15-30-14-5-4-6-23(30)31-2/h1,7-8,16-17,19,23,27H,4-6,9-15H2,2H3/t23-/m1/s1. The molecule has 0 bridgehead atoms. The van der Waals surface area contributed by atoms with Gasteiger partial charge in [-0.25, -0.2) is 14.4 Å². The summed E-state index contributed by atoms with van der Waals surface area (Å²) in [5.41, 5.74) is 1.19. The van der Waals surface area contributed by atoms with E-state index in [0.29, 0.717) is 5.88 Å². The Balaban J connectivity index is 1.42. The Bertz CT molecular complexity index is 975. The fourth-order valence-electron chi connectivity index (χ4n) is 4.36. The summed E-state index contributed by atoms with van der Waals surface area (Å²) < 4.78 is 32.2. The zero-order valence-electron chi connectivity index (χ0n) is 19.1. The molecule has 0 amide bonds. The number of aromatic nitrogens is 2. The van der Waals surface area contributed by atoms with Gasteiger partial charge >= 0.3 is 0 Å². The van der Waals surface area contributed by atoms with Crippen molar-refractivity contribution in [1.82, 2.24) is 20.2 Å². The van der Waals surface area contributed by atoms with Gasteiger partial charge in [0.1, 0.15) is 24.2 Å². The van der Waals surface area contributed by atoms with Crippen LogP contribution in [0.15, 0.2) is 24.5 Å². The molecule has 1 aromatic heterocycles. The van der Waals surface area contributed by atoms with E-state index in [1.54, 1.807) is 13.2 Å². The third-order valence-electron chi connectivity index (χ3n) is 6.20. The lowest BCUT2D eigenvalue weighted by molar-refractivity contribution is -0.0545. The van der Waals surface area contributed by atoms with Gasteiger partial charge < -0.3 is 19.5 Å². The molecular formula is C25H31FN4O3. The van der Waals surface area contributed by atoms with Gasteiger partial charge in [0.05, 0.1) is 0 Å². The predicted molar refractivity (Wildman–Crippen MR) is 123 cm³/mol. The SMILES string of the molecule is C#Cc1c(Oc2ccc(CCN3CCCC[C@H]3OC)cc2F)ncnc1OC1CCNCC1. The smallest absolute Gasteiger partial charge is 0.242 e. The van der Waals surface area contributed by atoms with Crippen LogP contribution >= 0.6 is 0 Å². The maximum absolute atomic E-state index is 14.9. The first-order valence-corrected chi connectivity index (χ1v) is 11.6. The maximum Gasteiger partial charge on any atom is 0.242 e. The van der Waals surface area contributed by atoms with Gasteiger partial charge in [-0.3, -0.25) is 4.90 Å². The van der Waals surface area contributed by atoms with E-state index in [4.69, 9.17) is 20.6 Å². The predicted octanol–water partition coefficient (Wildman–Crippen LogP) is 3.52. The fourth-order valence-corrected chi connectivity index (χ4v) is 4.36. The molecule has 0 radical (unpaired) electrons. The number of hydrogen-bond donors (Lipinski definition) is 1. The van der Waals surface area contributed by atoms with Crippen LogP contribution in [0.1, 0.15) is 43.2 Å². The molecule has 0 unspecified atom stereocenters. The molecule has 0 aliphatic carbocycles. The van der Waals surface area contributed by atoms with Crippen LogP contribution in [0.5, 0.6) is 17.5 Å². The van der Waals surface area contributed by atoms with Crippen molar-refractivity contribution in [2.24, 2.45) is 0 Å². The van der Waals surface area contributed by atoms with Crippen LogP contribution in [0.4, 0.5) is 4.39 Å². The van der Waals surface area contributed by atoms with Crippen molar-refractivity contribution in [3.05, 3.63) is 41.5 Å². The summed E-state index contributed by atoms with van der Waals surface area (Å²) in [4.78, 5) is 10.6. The normalized spacial score (nSPS) is 19.7. The van der Waals surface area contributed by atoms with Gasteiger partial charge in [-0.05, 0) is 69.3 Å². The van der Waals surface area contributed by atoms with Crippen molar-refractivity contribution in [3.8, 4) is 29.9 Å². The number of terminal acetylenes is 1. The average molecular weight is 455 g/mol. The van der Waals surface area contributed by atoms with Crippen molar-refractivity contribution < 1.29 is 18.6 Å². The zero-order valence-corrected chi connectivity index (χ0v) is 19.1. The number of likely N-dealkylation sites (tertiary alicyclic amines) is 1. The number of nitrogens with one attached hydrogen (secondary N) is 1. The van der Waals surface area contributed by atoms with Crippen molar-refractivity contribution in [3.63, 3.8) is 0 Å². The quantitative estimate of drug-likeness (QED) is 0.612. The highest BCUT2D eigenvalue weighted by atomic mass is 19.1. The Morgan fingerprint density at radius 3 is 2.76 bits per heavy atom. The maximum atomic E-state index is 14.9. The van der Waals surface area contributed by atoms with E-state index >= 15 is 0 Å². The summed E-state index contributed by atoms with van der Waals surface area (Å²) in [7, 11) is 1.75. The van der Waals surface area contributed by atoms with E-state index in [0.717, 1.165) is 57.4 Å². The van der Waals surface area contributed by atoms with Gasteiger partial charge in [-0.1, -0.05) is 12.0 Å². The second kappa shape index (κ2) is 11.4. The Kier molecular flexibility index (Phi) is 8.10. The molecule has 4 rings (SSSR count). The van der Waals surface area contributed by atoms with Gasteiger partial charge in [0, 0.05) is 20.2 Å². The van der Waals surface area contributed by atoms with Gasteiger partial charge in [0.25, 0.3) is 0 Å². The van der Waals surface area contributed by atoms with Gasteiger partial charge in [0.2, 0.25) is 11.8 Å². The molecule has 2 aliphatic heterocycles. The number of benzene rings is 1. The highest BCUT2D eigenvalue weighted by Crippen LogP contribution is 2.31. The van der Waals surface area contributed by atoms with E-state index in [1.807, 2.05) is 6.07 Å². The zero-order chi connectivity index (χ0) is 23.0. The minimum absolute atomic E-state index is 0.0229. The first-order chi connectivity index (χ1) is 16.2. The largest absolute Gasteiger partial charge is 0.473 e. The first-order valence-electron chi connectivity index (χ1n) is 11.6. The van der Waals surface area contributed by atoms with Crippen LogP contribution in [0, 0.1) is 18.2 Å². The van der Waals surface area contributed by atoms with Crippen molar-refractivity contribution >= 4 is 0 Å². The molecule has 1 aromatic carbocycles. The van der Waals surface area contributed by atoms with E-state index in [-0.39, 0.29) is 29.5 Å². The Hall–Kier alpha value is -2.73. The number of piperidine rings is 2. The highest BCUT2D eigenvalue weighted by Gasteiger charge is 2.22. The number of nitrogens with zero attached hydrogens (tertiary/aromatic N) is 3. The van der Waals surface area contributed by atoms with Crippen LogP contribution in [-0.4, -0.2) is 60.5 Å². The summed E-state index contributed by atoms with van der Waals surface area (Å²) in [5, 5.41) is 3.29. The lowest BCUT2D eigenvalue weighted by Gasteiger charge is -2.34.